The molecule has 19 heavy (non-hydrogen) atoms. The number of anilines is 2. The van der Waals surface area contributed by atoms with Gasteiger partial charge in [0.1, 0.15) is 18.2 Å². The summed E-state index contributed by atoms with van der Waals surface area (Å²) in [5.74, 6) is 7.30. The number of nitrogens with two attached hydrogens (primary N) is 1. The maximum absolute atomic E-state index is 5.61. The SMILES string of the molecule is Cc1cccc(OCCNc2cncc(NN)n2)c1. The lowest BCUT2D eigenvalue weighted by Gasteiger charge is -2.09. The molecule has 0 amide bonds. The van der Waals surface area contributed by atoms with E-state index in [4.69, 9.17) is 10.6 Å². The standard InChI is InChI=1S/C13H17N5O/c1-10-3-2-4-11(7-10)19-6-5-16-12-8-15-9-13(17-12)18-14/h2-4,7-9H,5-6,14H2,1H3,(H2,16,17,18). The van der Waals surface area contributed by atoms with Gasteiger partial charge in [0.15, 0.2) is 5.82 Å². The van der Waals surface area contributed by atoms with Gasteiger partial charge in [0.25, 0.3) is 0 Å². The third kappa shape index (κ3) is 4.11. The number of hydrogen-bond donors (Lipinski definition) is 3. The molecule has 0 radical (unpaired) electrons. The fourth-order valence-electron chi connectivity index (χ4n) is 1.57. The lowest BCUT2D eigenvalue weighted by atomic mass is 10.2. The molecule has 0 aliphatic heterocycles. The van der Waals surface area contributed by atoms with Crippen LogP contribution in [0.15, 0.2) is 36.7 Å². The molecule has 2 rings (SSSR count). The van der Waals surface area contributed by atoms with Crippen LogP contribution in [-0.2, 0) is 0 Å². The Hall–Kier alpha value is -2.34. The van der Waals surface area contributed by atoms with Crippen molar-refractivity contribution in [3.05, 3.63) is 42.2 Å². The van der Waals surface area contributed by atoms with Gasteiger partial charge in [-0.05, 0) is 24.6 Å². The normalized spacial score (nSPS) is 10.0. The highest BCUT2D eigenvalue weighted by atomic mass is 16.5. The average Bonchev–Trinajstić information content (AvgIpc) is 2.44. The summed E-state index contributed by atoms with van der Waals surface area (Å²) < 4.78 is 5.61. The van der Waals surface area contributed by atoms with E-state index in [9.17, 15) is 0 Å². The maximum Gasteiger partial charge on any atom is 0.160 e. The van der Waals surface area contributed by atoms with Crippen LogP contribution in [0.25, 0.3) is 0 Å². The lowest BCUT2D eigenvalue weighted by molar-refractivity contribution is 0.332. The molecule has 0 atom stereocenters. The molecule has 1 heterocycles. The van der Waals surface area contributed by atoms with Crippen LogP contribution in [0.1, 0.15) is 5.56 Å². The fraction of sp³-hybridized carbons (Fsp3) is 0.231. The monoisotopic (exact) mass is 259 g/mol. The summed E-state index contributed by atoms with van der Waals surface area (Å²) in [5, 5.41) is 3.11. The van der Waals surface area contributed by atoms with E-state index in [1.54, 1.807) is 12.4 Å². The largest absolute Gasteiger partial charge is 0.492 e. The van der Waals surface area contributed by atoms with Crippen molar-refractivity contribution < 1.29 is 4.74 Å². The van der Waals surface area contributed by atoms with Gasteiger partial charge in [0.2, 0.25) is 0 Å². The summed E-state index contributed by atoms with van der Waals surface area (Å²) in [6.45, 7) is 3.22. The smallest absolute Gasteiger partial charge is 0.160 e. The topological polar surface area (TPSA) is 85.1 Å². The van der Waals surface area contributed by atoms with E-state index in [0.717, 1.165) is 5.75 Å². The van der Waals surface area contributed by atoms with Gasteiger partial charge >= 0.3 is 0 Å². The molecule has 0 fully saturated rings. The Morgan fingerprint density at radius 2 is 2.11 bits per heavy atom. The minimum Gasteiger partial charge on any atom is -0.492 e. The van der Waals surface area contributed by atoms with Crippen LogP contribution in [0.5, 0.6) is 5.75 Å². The fourth-order valence-corrected chi connectivity index (χ4v) is 1.57. The second-order valence-electron chi connectivity index (χ2n) is 4.03. The predicted molar refractivity (Wildman–Crippen MR) is 75.0 cm³/mol. The van der Waals surface area contributed by atoms with Crippen LogP contribution in [0.2, 0.25) is 0 Å². The zero-order valence-electron chi connectivity index (χ0n) is 10.8. The van der Waals surface area contributed by atoms with Gasteiger partial charge < -0.3 is 15.5 Å². The summed E-state index contributed by atoms with van der Waals surface area (Å²) in [6, 6.07) is 7.94. The van der Waals surface area contributed by atoms with Crippen LogP contribution in [0, 0.1) is 6.92 Å². The third-order valence-electron chi connectivity index (χ3n) is 2.45. The molecular weight excluding hydrogens is 242 g/mol. The van der Waals surface area contributed by atoms with Crippen molar-refractivity contribution in [2.24, 2.45) is 5.84 Å². The summed E-state index contributed by atoms with van der Waals surface area (Å²) in [6.07, 6.45) is 3.18. The molecule has 0 aliphatic rings. The van der Waals surface area contributed by atoms with E-state index < -0.39 is 0 Å². The van der Waals surface area contributed by atoms with E-state index in [-0.39, 0.29) is 0 Å². The van der Waals surface area contributed by atoms with Gasteiger partial charge in [-0.3, -0.25) is 4.98 Å². The minimum atomic E-state index is 0.518. The Morgan fingerprint density at radius 1 is 1.26 bits per heavy atom. The van der Waals surface area contributed by atoms with Crippen LogP contribution in [-0.4, -0.2) is 23.1 Å². The van der Waals surface area contributed by atoms with Gasteiger partial charge in [0.05, 0.1) is 18.9 Å². The number of hydrogen-bond acceptors (Lipinski definition) is 6. The van der Waals surface area contributed by atoms with Gasteiger partial charge in [-0.1, -0.05) is 12.1 Å². The molecule has 6 heteroatoms. The molecular formula is C13H17N5O. The molecule has 1 aromatic carbocycles. The molecule has 1 aromatic heterocycles. The zero-order valence-corrected chi connectivity index (χ0v) is 10.8. The molecule has 6 nitrogen and oxygen atoms in total. The number of ether oxygens (including phenoxy) is 1. The summed E-state index contributed by atoms with van der Waals surface area (Å²) in [5.41, 5.74) is 3.62. The predicted octanol–water partition coefficient (Wildman–Crippen LogP) is 1.56. The van der Waals surface area contributed by atoms with E-state index in [0.29, 0.717) is 24.8 Å². The summed E-state index contributed by atoms with van der Waals surface area (Å²) >= 11 is 0. The van der Waals surface area contributed by atoms with Crippen LogP contribution in [0.3, 0.4) is 0 Å². The molecule has 2 aromatic rings. The molecule has 0 unspecified atom stereocenters. The maximum atomic E-state index is 5.61. The first kappa shape index (κ1) is 13.1. The number of rotatable bonds is 6. The lowest BCUT2D eigenvalue weighted by Crippen LogP contribution is -2.14. The Balaban J connectivity index is 1.77. The van der Waals surface area contributed by atoms with Gasteiger partial charge in [-0.25, -0.2) is 10.8 Å². The summed E-state index contributed by atoms with van der Waals surface area (Å²) in [4.78, 5) is 8.18. The molecule has 0 saturated carbocycles. The van der Waals surface area contributed by atoms with Crippen molar-refractivity contribution in [1.82, 2.24) is 9.97 Å². The summed E-state index contributed by atoms with van der Waals surface area (Å²) in [7, 11) is 0. The Morgan fingerprint density at radius 3 is 2.89 bits per heavy atom. The van der Waals surface area contributed by atoms with Crippen molar-refractivity contribution in [3.63, 3.8) is 0 Å². The molecule has 0 bridgehead atoms. The first-order chi connectivity index (χ1) is 9.28. The molecule has 4 N–H and O–H groups in total. The Kier molecular flexibility index (Phi) is 4.52. The average molecular weight is 259 g/mol. The second-order valence-corrected chi connectivity index (χ2v) is 4.03. The Bertz CT molecular complexity index is 532. The third-order valence-corrected chi connectivity index (χ3v) is 2.45. The Labute approximate surface area is 112 Å². The second kappa shape index (κ2) is 6.55. The molecule has 100 valence electrons. The van der Waals surface area contributed by atoms with Crippen molar-refractivity contribution >= 4 is 11.6 Å². The van der Waals surface area contributed by atoms with Crippen molar-refractivity contribution in [2.45, 2.75) is 6.92 Å². The number of benzene rings is 1. The number of nitrogens with one attached hydrogen (secondary N) is 2. The van der Waals surface area contributed by atoms with E-state index >= 15 is 0 Å². The minimum absolute atomic E-state index is 0.518. The first-order valence-electron chi connectivity index (χ1n) is 6.00. The first-order valence-corrected chi connectivity index (χ1v) is 6.00. The van der Waals surface area contributed by atoms with Gasteiger partial charge in [-0.15, -0.1) is 0 Å². The molecule has 0 aliphatic carbocycles. The van der Waals surface area contributed by atoms with Crippen molar-refractivity contribution in [2.75, 3.05) is 23.9 Å². The van der Waals surface area contributed by atoms with Crippen LogP contribution >= 0.6 is 0 Å². The van der Waals surface area contributed by atoms with E-state index in [2.05, 4.69) is 20.7 Å². The van der Waals surface area contributed by atoms with Gasteiger partial charge in [0, 0.05) is 0 Å². The van der Waals surface area contributed by atoms with Crippen LogP contribution < -0.4 is 21.3 Å². The quantitative estimate of drug-likeness (QED) is 0.415. The van der Waals surface area contributed by atoms with E-state index in [1.807, 2.05) is 31.2 Å². The number of nitrogens with zero attached hydrogens (tertiary/aromatic N) is 2. The highest BCUT2D eigenvalue weighted by molar-refractivity contribution is 5.40. The number of aryl methyl sites for hydroxylation is 1. The van der Waals surface area contributed by atoms with E-state index in [1.165, 1.54) is 5.56 Å². The highest BCUT2D eigenvalue weighted by Crippen LogP contribution is 2.12. The highest BCUT2D eigenvalue weighted by Gasteiger charge is 1.97. The molecule has 0 spiro atoms. The van der Waals surface area contributed by atoms with Crippen molar-refractivity contribution in [3.8, 4) is 5.75 Å². The van der Waals surface area contributed by atoms with Crippen LogP contribution in [0.4, 0.5) is 11.6 Å². The number of hydrazine groups is 1. The number of aromatic nitrogens is 2. The van der Waals surface area contributed by atoms with Gasteiger partial charge in [-0.2, -0.15) is 0 Å². The number of nitrogen functional groups attached to an aromatic ring is 1. The van der Waals surface area contributed by atoms with Crippen molar-refractivity contribution in [1.29, 1.82) is 0 Å². The zero-order chi connectivity index (χ0) is 13.5. The molecule has 0 saturated heterocycles.